The molecule has 8 heteroatoms. The number of thioether (sulfide) groups is 1. The number of carbonyl (C=O) groups is 3. The highest BCUT2D eigenvalue weighted by Crippen LogP contribution is 2.35. The summed E-state index contributed by atoms with van der Waals surface area (Å²) in [6.45, 7) is 1.38. The van der Waals surface area contributed by atoms with Gasteiger partial charge in [-0.05, 0) is 25.8 Å². The molecule has 3 rings (SSSR count). The minimum atomic E-state index is -1.17. The molecule has 1 saturated carbocycles. The molecule has 156 valence electrons. The molecule has 1 N–H and O–H groups in total. The molecule has 0 bridgehead atoms. The molecule has 0 unspecified atom stereocenters. The van der Waals surface area contributed by atoms with Gasteiger partial charge in [-0.2, -0.15) is 11.8 Å². The van der Waals surface area contributed by atoms with Crippen LogP contribution in [0.4, 0.5) is 4.79 Å². The Morgan fingerprint density at radius 1 is 1.21 bits per heavy atom. The van der Waals surface area contributed by atoms with E-state index in [2.05, 4.69) is 4.74 Å². The fourth-order valence-electron chi connectivity index (χ4n) is 3.36. The molecule has 2 aromatic rings. The Kier molecular flexibility index (Phi) is 7.19. The van der Waals surface area contributed by atoms with Crippen LogP contribution >= 0.6 is 11.8 Å². The number of hydrogen-bond donors (Lipinski definition) is 1. The minimum Gasteiger partial charge on any atom is -0.453 e. The number of ether oxygens (including phenoxy) is 2. The number of furan rings is 1. The van der Waals surface area contributed by atoms with Gasteiger partial charge in [0, 0.05) is 22.0 Å². The second-order valence-electron chi connectivity index (χ2n) is 7.01. The number of hydrogen-bond acceptors (Lipinski definition) is 7. The van der Waals surface area contributed by atoms with E-state index in [1.54, 1.807) is 6.07 Å². The first-order valence-electron chi connectivity index (χ1n) is 9.71. The van der Waals surface area contributed by atoms with E-state index in [0.29, 0.717) is 16.6 Å². The molecule has 0 radical (unpaired) electrons. The Hall–Kier alpha value is -2.48. The van der Waals surface area contributed by atoms with Crippen LogP contribution in [0.5, 0.6) is 0 Å². The average molecular weight is 419 g/mol. The quantitative estimate of drug-likeness (QED) is 0.692. The summed E-state index contributed by atoms with van der Waals surface area (Å²) >= 11 is 1.83. The van der Waals surface area contributed by atoms with Crippen molar-refractivity contribution in [3.8, 4) is 0 Å². The van der Waals surface area contributed by atoms with Crippen LogP contribution in [0.3, 0.4) is 0 Å². The van der Waals surface area contributed by atoms with Gasteiger partial charge in [0.25, 0.3) is 5.91 Å². The van der Waals surface area contributed by atoms with Gasteiger partial charge in [0.2, 0.25) is 5.76 Å². The Labute approximate surface area is 173 Å². The van der Waals surface area contributed by atoms with E-state index in [4.69, 9.17) is 9.15 Å². The van der Waals surface area contributed by atoms with Crippen LogP contribution in [0.2, 0.25) is 0 Å². The second kappa shape index (κ2) is 9.82. The number of esters is 1. The Morgan fingerprint density at radius 2 is 1.93 bits per heavy atom. The van der Waals surface area contributed by atoms with E-state index in [9.17, 15) is 14.4 Å². The highest BCUT2D eigenvalue weighted by atomic mass is 32.2. The van der Waals surface area contributed by atoms with Gasteiger partial charge < -0.3 is 13.9 Å². The van der Waals surface area contributed by atoms with Crippen LogP contribution in [0.1, 0.15) is 55.1 Å². The fourth-order valence-corrected chi connectivity index (χ4v) is 4.72. The molecular formula is C21H25NO6S. The molecule has 1 aromatic heterocycles. The standard InChI is InChI=1S/C21H25NO6S/c1-13(19(23)22-21(25)26-2)27-20(24)18-16(12-29-14-8-4-3-5-9-14)15-10-6-7-11-17(15)28-18/h6-7,10-11,13-14H,3-5,8-9,12H2,1-2H3,(H,22,23,25)/t13-/m0/s1. The van der Waals surface area contributed by atoms with Gasteiger partial charge >= 0.3 is 12.1 Å². The van der Waals surface area contributed by atoms with Crippen molar-refractivity contribution in [2.45, 2.75) is 56.1 Å². The smallest absolute Gasteiger partial charge is 0.413 e. The number of para-hydroxylation sites is 1. The maximum atomic E-state index is 12.7. The van der Waals surface area contributed by atoms with Crippen molar-refractivity contribution >= 4 is 40.7 Å². The van der Waals surface area contributed by atoms with Crippen LogP contribution in [0.15, 0.2) is 28.7 Å². The van der Waals surface area contributed by atoms with Crippen molar-refractivity contribution in [1.29, 1.82) is 0 Å². The molecule has 1 fully saturated rings. The third-order valence-corrected chi connectivity index (χ3v) is 6.36. The number of fused-ring (bicyclic) bond motifs is 1. The molecule has 1 aliphatic rings. The van der Waals surface area contributed by atoms with Crippen molar-refractivity contribution in [2.24, 2.45) is 0 Å². The van der Waals surface area contributed by atoms with Gasteiger partial charge in [0.1, 0.15) is 5.58 Å². The van der Waals surface area contributed by atoms with E-state index >= 15 is 0 Å². The molecule has 0 saturated heterocycles. The summed E-state index contributed by atoms with van der Waals surface area (Å²) in [5.74, 6) is -0.755. The number of methoxy groups -OCH3 is 1. The molecule has 2 amide bonds. The molecule has 0 spiro atoms. The van der Waals surface area contributed by atoms with Crippen LogP contribution in [-0.2, 0) is 20.0 Å². The first-order chi connectivity index (χ1) is 14.0. The maximum absolute atomic E-state index is 12.7. The number of amides is 2. The molecular weight excluding hydrogens is 394 g/mol. The highest BCUT2D eigenvalue weighted by molar-refractivity contribution is 7.99. The van der Waals surface area contributed by atoms with Crippen molar-refractivity contribution in [2.75, 3.05) is 7.11 Å². The van der Waals surface area contributed by atoms with E-state index < -0.39 is 24.1 Å². The van der Waals surface area contributed by atoms with Crippen LogP contribution in [-0.4, -0.2) is 36.4 Å². The molecule has 29 heavy (non-hydrogen) atoms. The number of benzene rings is 1. The molecule has 1 atom stereocenters. The molecule has 1 heterocycles. The fraction of sp³-hybridized carbons (Fsp3) is 0.476. The second-order valence-corrected chi connectivity index (χ2v) is 8.29. The lowest BCUT2D eigenvalue weighted by atomic mass is 10.0. The third-order valence-electron chi connectivity index (χ3n) is 4.96. The zero-order valence-corrected chi connectivity index (χ0v) is 17.4. The van der Waals surface area contributed by atoms with Gasteiger partial charge in [-0.25, -0.2) is 9.59 Å². The Morgan fingerprint density at radius 3 is 2.66 bits per heavy atom. The summed E-state index contributed by atoms with van der Waals surface area (Å²) < 4.78 is 15.4. The van der Waals surface area contributed by atoms with Crippen LogP contribution in [0, 0.1) is 0 Å². The Balaban J connectivity index is 1.75. The van der Waals surface area contributed by atoms with E-state index in [1.807, 2.05) is 35.3 Å². The minimum absolute atomic E-state index is 0.104. The van der Waals surface area contributed by atoms with Crippen molar-refractivity contribution in [3.63, 3.8) is 0 Å². The van der Waals surface area contributed by atoms with Crippen molar-refractivity contribution < 1.29 is 28.3 Å². The summed E-state index contributed by atoms with van der Waals surface area (Å²) in [6.07, 6.45) is 4.06. The summed E-state index contributed by atoms with van der Waals surface area (Å²) in [5, 5.41) is 3.43. The van der Waals surface area contributed by atoms with Gasteiger partial charge in [-0.1, -0.05) is 37.5 Å². The number of carbonyl (C=O) groups excluding carboxylic acids is 3. The van der Waals surface area contributed by atoms with Crippen molar-refractivity contribution in [3.05, 3.63) is 35.6 Å². The van der Waals surface area contributed by atoms with Crippen LogP contribution < -0.4 is 5.32 Å². The van der Waals surface area contributed by atoms with Gasteiger partial charge in [0.15, 0.2) is 6.10 Å². The summed E-state index contributed by atoms with van der Waals surface area (Å²) in [6, 6.07) is 7.45. The number of imide groups is 1. The van der Waals surface area contributed by atoms with Crippen LogP contribution in [0.25, 0.3) is 11.0 Å². The Bertz CT molecular complexity index is 886. The summed E-state index contributed by atoms with van der Waals surface area (Å²) in [7, 11) is 1.14. The van der Waals surface area contributed by atoms with Crippen molar-refractivity contribution in [1.82, 2.24) is 5.32 Å². The lowest BCUT2D eigenvalue weighted by Crippen LogP contribution is -2.39. The van der Waals surface area contributed by atoms with Gasteiger partial charge in [-0.3, -0.25) is 10.1 Å². The SMILES string of the molecule is COC(=O)NC(=O)[C@H](C)OC(=O)c1oc2ccccc2c1CSC1CCCCC1. The number of alkyl carbamates (subject to hydrolysis) is 1. The predicted octanol–water partition coefficient (Wildman–Crippen LogP) is 4.43. The van der Waals surface area contributed by atoms with Gasteiger partial charge in [-0.15, -0.1) is 0 Å². The average Bonchev–Trinajstić information content (AvgIpc) is 3.11. The first-order valence-corrected chi connectivity index (χ1v) is 10.8. The highest BCUT2D eigenvalue weighted by Gasteiger charge is 2.27. The third kappa shape index (κ3) is 5.32. The van der Waals surface area contributed by atoms with E-state index in [-0.39, 0.29) is 5.76 Å². The lowest BCUT2D eigenvalue weighted by molar-refractivity contribution is -0.128. The maximum Gasteiger partial charge on any atom is 0.413 e. The zero-order chi connectivity index (χ0) is 20.8. The molecule has 7 nitrogen and oxygen atoms in total. The number of nitrogens with one attached hydrogen (secondary N) is 1. The summed E-state index contributed by atoms with van der Waals surface area (Å²) in [4.78, 5) is 35.9. The largest absolute Gasteiger partial charge is 0.453 e. The van der Waals surface area contributed by atoms with Gasteiger partial charge in [0.05, 0.1) is 7.11 Å². The zero-order valence-electron chi connectivity index (χ0n) is 16.6. The molecule has 0 aliphatic heterocycles. The predicted molar refractivity (Wildman–Crippen MR) is 110 cm³/mol. The summed E-state index contributed by atoms with van der Waals surface area (Å²) in [5.41, 5.74) is 1.38. The number of rotatable bonds is 6. The van der Waals surface area contributed by atoms with E-state index in [1.165, 1.54) is 39.0 Å². The lowest BCUT2D eigenvalue weighted by Gasteiger charge is -2.20. The monoisotopic (exact) mass is 419 g/mol. The normalized spacial score (nSPS) is 15.7. The van der Waals surface area contributed by atoms with E-state index in [0.717, 1.165) is 18.1 Å². The molecule has 1 aromatic carbocycles. The first kappa shape index (κ1) is 21.2. The molecule has 1 aliphatic carbocycles. The topological polar surface area (TPSA) is 94.8 Å².